The van der Waals surface area contributed by atoms with Crippen molar-refractivity contribution in [2.24, 2.45) is 29.1 Å². The topological polar surface area (TPSA) is 43.4 Å². The number of rotatable bonds is 2. The van der Waals surface area contributed by atoms with E-state index >= 15 is 0 Å². The second-order valence-corrected chi connectivity index (χ2v) is 6.20. The molecule has 100 valence electrons. The fourth-order valence-electron chi connectivity index (χ4n) is 3.91. The zero-order chi connectivity index (χ0) is 13.7. The van der Waals surface area contributed by atoms with Gasteiger partial charge in [-0.15, -0.1) is 0 Å². The molecule has 2 bridgehead atoms. The Labute approximate surface area is 109 Å². The highest BCUT2D eigenvalue weighted by Crippen LogP contribution is 2.58. The van der Waals surface area contributed by atoms with Gasteiger partial charge in [0.1, 0.15) is 5.78 Å². The molecule has 5 atom stereocenters. The normalized spacial score (nSPS) is 42.8. The van der Waals surface area contributed by atoms with Gasteiger partial charge in [0.2, 0.25) is 0 Å². The van der Waals surface area contributed by atoms with Gasteiger partial charge < -0.3 is 4.74 Å². The minimum atomic E-state index is -0.275. The van der Waals surface area contributed by atoms with E-state index < -0.39 is 0 Å². The van der Waals surface area contributed by atoms with Gasteiger partial charge >= 0.3 is 5.97 Å². The first-order valence-corrected chi connectivity index (χ1v) is 6.60. The van der Waals surface area contributed by atoms with Gasteiger partial charge in [-0.1, -0.05) is 26.0 Å². The predicted molar refractivity (Wildman–Crippen MR) is 68.8 cm³/mol. The van der Waals surface area contributed by atoms with Gasteiger partial charge in [-0.05, 0) is 31.1 Å². The van der Waals surface area contributed by atoms with Crippen LogP contribution in [-0.4, -0.2) is 18.9 Å². The summed E-state index contributed by atoms with van der Waals surface area (Å²) >= 11 is 0. The Morgan fingerprint density at radius 2 is 2.11 bits per heavy atom. The molecule has 0 aromatic rings. The number of ketones is 1. The van der Waals surface area contributed by atoms with Crippen LogP contribution in [0.5, 0.6) is 0 Å². The number of esters is 1. The third-order valence-electron chi connectivity index (χ3n) is 5.33. The molecule has 2 unspecified atom stereocenters. The van der Waals surface area contributed by atoms with Crippen LogP contribution in [0, 0.1) is 29.1 Å². The Balaban J connectivity index is 2.39. The number of carbonyl (C=O) groups is 2. The molecule has 3 heteroatoms. The van der Waals surface area contributed by atoms with Crippen molar-refractivity contribution >= 4 is 11.8 Å². The van der Waals surface area contributed by atoms with E-state index in [9.17, 15) is 9.59 Å². The molecule has 0 spiro atoms. The van der Waals surface area contributed by atoms with Crippen molar-refractivity contribution in [3.63, 3.8) is 0 Å². The van der Waals surface area contributed by atoms with Crippen LogP contribution in [0.2, 0.25) is 0 Å². The molecule has 0 amide bonds. The van der Waals surface area contributed by atoms with Crippen molar-refractivity contribution < 1.29 is 14.3 Å². The molecule has 3 aliphatic rings. The van der Waals surface area contributed by atoms with Gasteiger partial charge in [0.15, 0.2) is 0 Å². The predicted octanol–water partition coefficient (Wildman–Crippen LogP) is 2.60. The number of carbonyl (C=O) groups excluding carboxylic acids is 2. The number of hydrogen-bond acceptors (Lipinski definition) is 3. The van der Waals surface area contributed by atoms with Crippen molar-refractivity contribution in [1.82, 2.24) is 0 Å². The van der Waals surface area contributed by atoms with E-state index in [4.69, 9.17) is 4.74 Å². The maximum atomic E-state index is 12.4. The van der Waals surface area contributed by atoms with Gasteiger partial charge in [-0.25, -0.2) is 0 Å². The standard InChI is InChI=1S/C15H22O3/c1-8(2)11-7-15(4)9(3)13(16)10(11)6-12(15)14(17)18-5/h9-12H,1,6-7H2,2-5H3/t9-,10?,11+,12?,15-/m1/s1. The largest absolute Gasteiger partial charge is 0.469 e. The van der Waals surface area contributed by atoms with Crippen LogP contribution in [0.4, 0.5) is 0 Å². The van der Waals surface area contributed by atoms with Crippen LogP contribution < -0.4 is 0 Å². The Morgan fingerprint density at radius 1 is 1.50 bits per heavy atom. The molecule has 0 aromatic carbocycles. The van der Waals surface area contributed by atoms with Gasteiger partial charge in [-0.2, -0.15) is 0 Å². The second kappa shape index (κ2) is 4.22. The van der Waals surface area contributed by atoms with Gasteiger partial charge in [0.25, 0.3) is 0 Å². The molecular weight excluding hydrogens is 228 g/mol. The fourth-order valence-corrected chi connectivity index (χ4v) is 3.91. The number of Topliss-reactive ketones (excluding diaryl/α,β-unsaturated/α-hetero) is 1. The first-order valence-electron chi connectivity index (χ1n) is 6.60. The molecule has 0 aromatic heterocycles. The lowest BCUT2D eigenvalue weighted by molar-refractivity contribution is -0.169. The monoisotopic (exact) mass is 250 g/mol. The lowest BCUT2D eigenvalue weighted by Gasteiger charge is -2.55. The molecule has 3 fully saturated rings. The molecule has 0 radical (unpaired) electrons. The van der Waals surface area contributed by atoms with E-state index in [1.54, 1.807) is 0 Å². The van der Waals surface area contributed by atoms with E-state index in [0.717, 1.165) is 12.0 Å². The third-order valence-corrected chi connectivity index (χ3v) is 5.33. The van der Waals surface area contributed by atoms with E-state index in [1.165, 1.54) is 7.11 Å². The first-order chi connectivity index (χ1) is 8.32. The molecule has 3 rings (SSSR count). The van der Waals surface area contributed by atoms with Gasteiger partial charge in [0.05, 0.1) is 13.0 Å². The second-order valence-electron chi connectivity index (χ2n) is 6.20. The Kier molecular flexibility index (Phi) is 3.12. The smallest absolute Gasteiger partial charge is 0.309 e. The lowest BCUT2D eigenvalue weighted by atomic mass is 9.47. The van der Waals surface area contributed by atoms with Crippen LogP contribution >= 0.6 is 0 Å². The van der Waals surface area contributed by atoms with E-state index in [0.29, 0.717) is 12.2 Å². The molecule has 18 heavy (non-hydrogen) atoms. The summed E-state index contributed by atoms with van der Waals surface area (Å²) < 4.78 is 4.91. The highest BCUT2D eigenvalue weighted by molar-refractivity contribution is 5.89. The number of allylic oxidation sites excluding steroid dienone is 1. The summed E-state index contributed by atoms with van der Waals surface area (Å²) in [5.41, 5.74) is 0.789. The summed E-state index contributed by atoms with van der Waals surface area (Å²) in [6.07, 6.45) is 1.50. The average Bonchev–Trinajstić information content (AvgIpc) is 2.33. The Morgan fingerprint density at radius 3 is 2.61 bits per heavy atom. The summed E-state index contributed by atoms with van der Waals surface area (Å²) in [4.78, 5) is 24.3. The molecule has 0 heterocycles. The molecular formula is C15H22O3. The van der Waals surface area contributed by atoms with Crippen molar-refractivity contribution in [1.29, 1.82) is 0 Å². The average molecular weight is 250 g/mol. The number of fused-ring (bicyclic) bond motifs is 3. The summed E-state index contributed by atoms with van der Waals surface area (Å²) in [7, 11) is 1.43. The van der Waals surface area contributed by atoms with Gasteiger partial charge in [-0.3, -0.25) is 9.59 Å². The fraction of sp³-hybridized carbons (Fsp3) is 0.733. The van der Waals surface area contributed by atoms with Crippen LogP contribution in [0.1, 0.15) is 33.6 Å². The SMILES string of the molecule is C=C(C)[C@@H]1C[C@@]2(C)C(C(=O)OC)CC1C(=O)[C@H]2C. The van der Waals surface area contributed by atoms with Crippen LogP contribution in [-0.2, 0) is 14.3 Å². The minimum absolute atomic E-state index is 0.0385. The van der Waals surface area contributed by atoms with Crippen molar-refractivity contribution in [2.75, 3.05) is 7.11 Å². The van der Waals surface area contributed by atoms with Crippen molar-refractivity contribution in [2.45, 2.75) is 33.6 Å². The minimum Gasteiger partial charge on any atom is -0.469 e. The number of ether oxygens (including phenoxy) is 1. The molecule has 0 saturated heterocycles. The number of methoxy groups -OCH3 is 1. The lowest BCUT2D eigenvalue weighted by Crippen LogP contribution is -2.57. The summed E-state index contributed by atoms with van der Waals surface area (Å²) in [6, 6.07) is 0. The summed E-state index contributed by atoms with van der Waals surface area (Å²) in [5.74, 6) is 0.133. The molecule has 0 aliphatic heterocycles. The maximum Gasteiger partial charge on any atom is 0.309 e. The highest BCUT2D eigenvalue weighted by atomic mass is 16.5. The third kappa shape index (κ3) is 1.63. The zero-order valence-corrected chi connectivity index (χ0v) is 11.7. The Bertz CT molecular complexity index is 412. The van der Waals surface area contributed by atoms with E-state index in [2.05, 4.69) is 13.5 Å². The highest BCUT2D eigenvalue weighted by Gasteiger charge is 2.59. The van der Waals surface area contributed by atoms with Crippen LogP contribution in [0.15, 0.2) is 12.2 Å². The molecule has 3 saturated carbocycles. The quantitative estimate of drug-likeness (QED) is 0.559. The maximum absolute atomic E-state index is 12.4. The zero-order valence-electron chi connectivity index (χ0n) is 11.7. The van der Waals surface area contributed by atoms with Crippen molar-refractivity contribution in [3.05, 3.63) is 12.2 Å². The molecule has 3 aliphatic carbocycles. The molecule has 0 N–H and O–H groups in total. The van der Waals surface area contributed by atoms with E-state index in [1.807, 2.05) is 13.8 Å². The van der Waals surface area contributed by atoms with Gasteiger partial charge in [0, 0.05) is 11.8 Å². The van der Waals surface area contributed by atoms with Crippen molar-refractivity contribution in [3.8, 4) is 0 Å². The summed E-state index contributed by atoms with van der Waals surface area (Å²) in [5, 5.41) is 0. The first kappa shape index (κ1) is 13.3. The summed E-state index contributed by atoms with van der Waals surface area (Å²) in [6.45, 7) is 10.0. The van der Waals surface area contributed by atoms with Crippen LogP contribution in [0.3, 0.4) is 0 Å². The Hall–Kier alpha value is -1.12. The van der Waals surface area contributed by atoms with Crippen LogP contribution in [0.25, 0.3) is 0 Å². The van der Waals surface area contributed by atoms with E-state index in [-0.39, 0.29) is 35.1 Å². The number of hydrogen-bond donors (Lipinski definition) is 0. The molecule has 3 nitrogen and oxygen atoms in total.